The van der Waals surface area contributed by atoms with Gasteiger partial charge in [-0.05, 0) is 30.2 Å². The van der Waals surface area contributed by atoms with Gasteiger partial charge in [-0.3, -0.25) is 0 Å². The maximum atomic E-state index is 5.49. The molecule has 1 saturated heterocycles. The Kier molecular flexibility index (Phi) is 3.59. The summed E-state index contributed by atoms with van der Waals surface area (Å²) in [7, 11) is 0. The maximum absolute atomic E-state index is 5.49. The molecule has 110 valence electrons. The smallest absolute Gasteiger partial charge is 0.227 e. The first-order valence-electron chi connectivity index (χ1n) is 7.67. The van der Waals surface area contributed by atoms with Crippen LogP contribution in [0.3, 0.4) is 0 Å². The Hall–Kier alpha value is -1.49. The van der Waals surface area contributed by atoms with Gasteiger partial charge in [0.1, 0.15) is 0 Å². The summed E-state index contributed by atoms with van der Waals surface area (Å²) in [5.41, 5.74) is 2.61. The number of anilines is 1. The van der Waals surface area contributed by atoms with Crippen molar-refractivity contribution in [1.29, 1.82) is 0 Å². The van der Waals surface area contributed by atoms with Crippen molar-refractivity contribution in [2.24, 2.45) is 0 Å². The largest absolute Gasteiger partial charge is 0.384 e. The topological polar surface area (TPSA) is 51.0 Å². The van der Waals surface area contributed by atoms with Crippen molar-refractivity contribution in [3.8, 4) is 0 Å². The predicted octanol–water partition coefficient (Wildman–Crippen LogP) is 3.78. The third-order valence-electron chi connectivity index (χ3n) is 4.31. The average molecular weight is 301 g/mol. The van der Waals surface area contributed by atoms with Crippen LogP contribution in [0.4, 0.5) is 5.69 Å². The molecule has 1 aromatic carbocycles. The van der Waals surface area contributed by atoms with Crippen LogP contribution in [0.1, 0.15) is 47.7 Å². The summed E-state index contributed by atoms with van der Waals surface area (Å²) in [4.78, 5) is 4.64. The monoisotopic (exact) mass is 301 g/mol. The van der Waals surface area contributed by atoms with Gasteiger partial charge >= 0.3 is 0 Å². The normalized spacial score (nSPS) is 24.6. The molecule has 0 bridgehead atoms. The average Bonchev–Trinajstić information content (AvgIpc) is 3.17. The molecular formula is C16H19N3OS. The van der Waals surface area contributed by atoms with Gasteiger partial charge in [-0.25, -0.2) is 0 Å². The van der Waals surface area contributed by atoms with Crippen LogP contribution >= 0.6 is 11.8 Å². The second kappa shape index (κ2) is 5.72. The lowest BCUT2D eigenvalue weighted by atomic mass is 9.98. The summed E-state index contributed by atoms with van der Waals surface area (Å²) >= 11 is 1.96. The number of para-hydroxylation sites is 1. The molecule has 0 amide bonds. The molecule has 4 nitrogen and oxygen atoms in total. The summed E-state index contributed by atoms with van der Waals surface area (Å²) in [5.74, 6) is 3.33. The van der Waals surface area contributed by atoms with Gasteiger partial charge in [0.05, 0.1) is 5.25 Å². The Balaban J connectivity index is 1.47. The molecular weight excluding hydrogens is 282 g/mol. The van der Waals surface area contributed by atoms with Crippen LogP contribution in [-0.2, 0) is 6.42 Å². The van der Waals surface area contributed by atoms with Crippen molar-refractivity contribution in [2.75, 3.05) is 17.6 Å². The van der Waals surface area contributed by atoms with E-state index in [1.54, 1.807) is 0 Å². The van der Waals surface area contributed by atoms with E-state index >= 15 is 0 Å². The molecule has 3 heterocycles. The van der Waals surface area contributed by atoms with Crippen LogP contribution in [0, 0.1) is 0 Å². The Morgan fingerprint density at radius 1 is 1.29 bits per heavy atom. The van der Waals surface area contributed by atoms with E-state index in [4.69, 9.17) is 4.52 Å². The van der Waals surface area contributed by atoms with Crippen molar-refractivity contribution in [1.82, 2.24) is 10.1 Å². The van der Waals surface area contributed by atoms with Gasteiger partial charge in [-0.1, -0.05) is 29.8 Å². The van der Waals surface area contributed by atoms with Gasteiger partial charge in [0, 0.05) is 24.6 Å². The number of benzene rings is 1. The van der Waals surface area contributed by atoms with Gasteiger partial charge in [0.25, 0.3) is 0 Å². The number of nitrogens with zero attached hydrogens (tertiary/aromatic N) is 2. The Morgan fingerprint density at radius 2 is 2.24 bits per heavy atom. The molecule has 4 rings (SSSR count). The fraction of sp³-hybridized carbons (Fsp3) is 0.500. The molecule has 1 N–H and O–H groups in total. The zero-order valence-electron chi connectivity index (χ0n) is 11.9. The lowest BCUT2D eigenvalue weighted by Crippen LogP contribution is -2.07. The fourth-order valence-electron chi connectivity index (χ4n) is 3.18. The predicted molar refractivity (Wildman–Crippen MR) is 84.7 cm³/mol. The lowest BCUT2D eigenvalue weighted by Gasteiger charge is -2.17. The number of fused-ring (bicyclic) bond motifs is 1. The van der Waals surface area contributed by atoms with Crippen LogP contribution in [0.5, 0.6) is 0 Å². The summed E-state index contributed by atoms with van der Waals surface area (Å²) in [6.45, 7) is 0.954. The van der Waals surface area contributed by atoms with E-state index in [0.717, 1.165) is 24.7 Å². The minimum atomic E-state index is 0.435. The molecule has 2 unspecified atom stereocenters. The van der Waals surface area contributed by atoms with E-state index < -0.39 is 0 Å². The molecule has 2 atom stereocenters. The van der Waals surface area contributed by atoms with E-state index in [2.05, 4.69) is 39.7 Å². The number of rotatable bonds is 3. The van der Waals surface area contributed by atoms with Crippen LogP contribution in [-0.4, -0.2) is 22.4 Å². The minimum absolute atomic E-state index is 0.435. The first-order chi connectivity index (χ1) is 10.4. The minimum Gasteiger partial charge on any atom is -0.384 e. The molecule has 2 aromatic rings. The molecule has 21 heavy (non-hydrogen) atoms. The van der Waals surface area contributed by atoms with Gasteiger partial charge in [0.2, 0.25) is 5.89 Å². The fourth-order valence-corrected chi connectivity index (χ4v) is 4.41. The van der Waals surface area contributed by atoms with Crippen molar-refractivity contribution >= 4 is 17.4 Å². The highest BCUT2D eigenvalue weighted by molar-refractivity contribution is 7.99. The van der Waals surface area contributed by atoms with Crippen molar-refractivity contribution in [3.63, 3.8) is 0 Å². The molecule has 0 aliphatic carbocycles. The first-order valence-corrected chi connectivity index (χ1v) is 8.72. The molecule has 2 aliphatic heterocycles. The number of aromatic nitrogens is 2. The number of thioether (sulfide) groups is 1. The Bertz CT molecular complexity index is 621. The Labute approximate surface area is 128 Å². The molecule has 1 fully saturated rings. The van der Waals surface area contributed by atoms with Gasteiger partial charge < -0.3 is 9.84 Å². The van der Waals surface area contributed by atoms with E-state index in [1.165, 1.54) is 36.3 Å². The highest BCUT2D eigenvalue weighted by atomic mass is 32.2. The first kappa shape index (κ1) is 13.2. The summed E-state index contributed by atoms with van der Waals surface area (Å²) in [6.07, 6.45) is 4.60. The zero-order chi connectivity index (χ0) is 14.1. The number of hydrogen-bond acceptors (Lipinski definition) is 5. The number of nitrogens with one attached hydrogen (secondary N) is 1. The molecule has 0 spiro atoms. The van der Waals surface area contributed by atoms with E-state index in [0.29, 0.717) is 11.2 Å². The highest BCUT2D eigenvalue weighted by Gasteiger charge is 2.26. The molecule has 0 saturated carbocycles. The SMILES string of the molecule is c1ccc2c(c1)NCC2Cc1nc(C2CCCCS2)no1. The summed E-state index contributed by atoms with van der Waals surface area (Å²) in [6, 6.07) is 8.48. The molecule has 2 aliphatic rings. The van der Waals surface area contributed by atoms with E-state index in [9.17, 15) is 0 Å². The molecule has 1 aromatic heterocycles. The van der Waals surface area contributed by atoms with E-state index in [-0.39, 0.29) is 0 Å². The van der Waals surface area contributed by atoms with Crippen molar-refractivity contribution < 1.29 is 4.52 Å². The van der Waals surface area contributed by atoms with Crippen LogP contribution < -0.4 is 5.32 Å². The quantitative estimate of drug-likeness (QED) is 0.935. The van der Waals surface area contributed by atoms with Crippen molar-refractivity contribution in [2.45, 2.75) is 36.9 Å². The number of hydrogen-bond donors (Lipinski definition) is 1. The highest BCUT2D eigenvalue weighted by Crippen LogP contribution is 2.37. The van der Waals surface area contributed by atoms with E-state index in [1.807, 2.05) is 11.8 Å². The third-order valence-corrected chi connectivity index (χ3v) is 5.69. The summed E-state index contributed by atoms with van der Waals surface area (Å²) in [5, 5.41) is 8.09. The van der Waals surface area contributed by atoms with Crippen LogP contribution in [0.25, 0.3) is 0 Å². The Morgan fingerprint density at radius 3 is 3.14 bits per heavy atom. The van der Waals surface area contributed by atoms with Crippen LogP contribution in [0.2, 0.25) is 0 Å². The standard InChI is InChI=1S/C16H19N3OS/c1-2-6-13-12(5-1)11(10-17-13)9-15-18-16(19-20-15)14-7-3-4-8-21-14/h1-2,5-6,11,14,17H,3-4,7-10H2. The summed E-state index contributed by atoms with van der Waals surface area (Å²) < 4.78 is 5.49. The van der Waals surface area contributed by atoms with Crippen LogP contribution in [0.15, 0.2) is 28.8 Å². The molecule has 5 heteroatoms. The second-order valence-electron chi connectivity index (χ2n) is 5.77. The lowest BCUT2D eigenvalue weighted by molar-refractivity contribution is 0.365. The third kappa shape index (κ3) is 2.67. The maximum Gasteiger partial charge on any atom is 0.227 e. The van der Waals surface area contributed by atoms with Gasteiger partial charge in [0.15, 0.2) is 5.82 Å². The zero-order valence-corrected chi connectivity index (χ0v) is 12.7. The van der Waals surface area contributed by atoms with Crippen molar-refractivity contribution in [3.05, 3.63) is 41.5 Å². The van der Waals surface area contributed by atoms with Gasteiger partial charge in [-0.15, -0.1) is 0 Å². The molecule has 0 radical (unpaired) electrons. The second-order valence-corrected chi connectivity index (χ2v) is 7.08. The van der Waals surface area contributed by atoms with Gasteiger partial charge in [-0.2, -0.15) is 16.7 Å².